The summed E-state index contributed by atoms with van der Waals surface area (Å²) < 4.78 is 73.4. The SMILES string of the molecule is C/C=C/C(=C\C(=C/C)C(F)(F)F)C(F)(F)F.CC.CNN.NC(N)=NC1CCCN(CC2CCCCC2)c2cc3c(cc21)CCC3.O=NO. The summed E-state index contributed by atoms with van der Waals surface area (Å²) in [7, 11) is 1.65. The molecular weight excluding hydrogens is 652 g/mol. The summed E-state index contributed by atoms with van der Waals surface area (Å²) in [6.45, 7) is 8.67. The molecule has 49 heavy (non-hydrogen) atoms. The van der Waals surface area contributed by atoms with E-state index in [-0.39, 0.29) is 18.1 Å². The summed E-state index contributed by atoms with van der Waals surface area (Å²) in [5.41, 5.74) is 16.9. The number of halogens is 6. The number of aryl methyl sites for hydroxylation is 2. The van der Waals surface area contributed by atoms with E-state index in [2.05, 4.69) is 33.3 Å². The minimum absolute atomic E-state index is 0.0833. The highest BCUT2D eigenvalue weighted by atomic mass is 19.4. The van der Waals surface area contributed by atoms with Crippen molar-refractivity contribution in [2.24, 2.45) is 33.6 Å². The van der Waals surface area contributed by atoms with Gasteiger partial charge in [-0.15, -0.1) is 4.91 Å². The van der Waals surface area contributed by atoms with Crippen LogP contribution in [0, 0.1) is 10.8 Å². The molecule has 2 aliphatic carbocycles. The van der Waals surface area contributed by atoms with Crippen molar-refractivity contribution < 1.29 is 31.5 Å². The van der Waals surface area contributed by atoms with Crippen molar-refractivity contribution in [3.8, 4) is 0 Å². The fraction of sp³-hybridized carbons (Fsp3) is 0.618. The Bertz CT molecular complexity index is 1220. The molecule has 0 radical (unpaired) electrons. The second kappa shape index (κ2) is 23.7. The number of aliphatic imine (C=N–C) groups is 1. The van der Waals surface area contributed by atoms with Crippen molar-refractivity contribution in [1.29, 1.82) is 0 Å². The van der Waals surface area contributed by atoms with Crippen LogP contribution in [0.2, 0.25) is 0 Å². The van der Waals surface area contributed by atoms with Crippen LogP contribution in [0.25, 0.3) is 0 Å². The molecule has 0 spiro atoms. The molecule has 8 N–H and O–H groups in total. The van der Waals surface area contributed by atoms with Gasteiger partial charge in [-0.1, -0.05) is 57.4 Å². The maximum absolute atomic E-state index is 12.3. The molecule has 9 nitrogen and oxygen atoms in total. The quantitative estimate of drug-likeness (QED) is 0.0391. The molecular formula is C34H55F6N7O2. The topological polar surface area (TPSA) is 155 Å². The Hall–Kier alpha value is -3.59. The van der Waals surface area contributed by atoms with E-state index in [9.17, 15) is 26.3 Å². The van der Waals surface area contributed by atoms with Gasteiger partial charge in [0, 0.05) is 24.3 Å². The normalized spacial score (nSPS) is 18.0. The van der Waals surface area contributed by atoms with Crippen LogP contribution in [0.4, 0.5) is 32.0 Å². The van der Waals surface area contributed by atoms with Gasteiger partial charge in [0.25, 0.3) is 0 Å². The number of nitrogens with two attached hydrogens (primary N) is 3. The molecule has 280 valence electrons. The number of nitrogens with one attached hydrogen (secondary N) is 1. The van der Waals surface area contributed by atoms with Crippen LogP contribution in [0.1, 0.15) is 102 Å². The number of benzene rings is 1. The lowest BCUT2D eigenvalue weighted by molar-refractivity contribution is -0.0934. The van der Waals surface area contributed by atoms with Gasteiger partial charge in [0.15, 0.2) is 11.3 Å². The zero-order valence-electron chi connectivity index (χ0n) is 29.3. The van der Waals surface area contributed by atoms with E-state index in [1.165, 1.54) is 87.0 Å². The van der Waals surface area contributed by atoms with E-state index in [1.54, 1.807) is 12.6 Å². The standard InChI is InChI=1S/C21H32N4.C10H10F6.C2H6.CH6N2.HNO2/c22-21(23)24-19-10-5-11-25(14-15-6-2-1-3-7-15)20-13-17-9-4-8-16(17)12-18(19)20;1-3-5-8(10(14,15)16)6-7(4-2)9(11,12)13;1-2;1-3-2;2-1-3/h12-13,15,19H,1-11,14H2,(H4,22,23,24);3-6H,1-2H3;1-2H3;3H,2H2,1H3;(H,2,3)/b;5-3+,7-4+,8-6+;;;. The highest BCUT2D eigenvalue weighted by Crippen LogP contribution is 2.40. The molecule has 1 unspecified atom stereocenters. The Morgan fingerprint density at radius 1 is 0.939 bits per heavy atom. The molecule has 4 rings (SSSR count). The van der Waals surface area contributed by atoms with Crippen molar-refractivity contribution in [2.75, 3.05) is 25.0 Å². The third kappa shape index (κ3) is 16.6. The molecule has 0 saturated heterocycles. The number of rotatable bonds is 5. The Labute approximate surface area is 286 Å². The Morgan fingerprint density at radius 2 is 1.47 bits per heavy atom. The number of alkyl halides is 6. The second-order valence-corrected chi connectivity index (χ2v) is 11.4. The van der Waals surface area contributed by atoms with E-state index in [0.717, 1.165) is 38.3 Å². The van der Waals surface area contributed by atoms with Gasteiger partial charge in [0.1, 0.15) is 0 Å². The monoisotopic (exact) mass is 707 g/mol. The zero-order chi connectivity index (χ0) is 37.6. The number of guanidine groups is 1. The van der Waals surface area contributed by atoms with Crippen LogP contribution in [-0.4, -0.2) is 43.7 Å². The average molecular weight is 708 g/mol. The number of allylic oxidation sites excluding steroid dienone is 6. The van der Waals surface area contributed by atoms with E-state index in [4.69, 9.17) is 21.6 Å². The molecule has 0 bridgehead atoms. The van der Waals surface area contributed by atoms with Gasteiger partial charge >= 0.3 is 12.4 Å². The third-order valence-electron chi connectivity index (χ3n) is 7.98. The van der Waals surface area contributed by atoms with Crippen molar-refractivity contribution in [1.82, 2.24) is 5.43 Å². The summed E-state index contributed by atoms with van der Waals surface area (Å²) in [6, 6.07) is 5.02. The zero-order valence-corrected chi connectivity index (χ0v) is 29.3. The lowest BCUT2D eigenvalue weighted by atomic mass is 9.88. The summed E-state index contributed by atoms with van der Waals surface area (Å²) in [4.78, 5) is 15.4. The predicted molar refractivity (Wildman–Crippen MR) is 186 cm³/mol. The maximum Gasteiger partial charge on any atom is 0.416 e. The molecule has 15 heteroatoms. The molecule has 1 atom stereocenters. The maximum atomic E-state index is 12.3. The molecule has 3 aliphatic rings. The van der Waals surface area contributed by atoms with Gasteiger partial charge in [-0.2, -0.15) is 26.3 Å². The minimum atomic E-state index is -4.80. The Kier molecular flexibility index (Phi) is 22.0. The molecule has 1 aliphatic heterocycles. The fourth-order valence-corrected chi connectivity index (χ4v) is 6.01. The lowest BCUT2D eigenvalue weighted by Crippen LogP contribution is -2.31. The Balaban J connectivity index is 0.000000830. The lowest BCUT2D eigenvalue weighted by Gasteiger charge is -2.32. The Morgan fingerprint density at radius 3 is 1.94 bits per heavy atom. The summed E-state index contributed by atoms with van der Waals surface area (Å²) in [5.74, 6) is 5.67. The van der Waals surface area contributed by atoms with E-state index in [0.29, 0.717) is 12.2 Å². The van der Waals surface area contributed by atoms with Crippen LogP contribution in [0.5, 0.6) is 0 Å². The van der Waals surface area contributed by atoms with Crippen molar-refractivity contribution in [3.05, 3.63) is 69.2 Å². The van der Waals surface area contributed by atoms with Crippen LogP contribution < -0.4 is 27.6 Å². The van der Waals surface area contributed by atoms with E-state index >= 15 is 0 Å². The van der Waals surface area contributed by atoms with Crippen LogP contribution in [0.3, 0.4) is 0 Å². The number of nitrogens with zero attached hydrogens (tertiary/aromatic N) is 3. The average Bonchev–Trinajstić information content (AvgIpc) is 3.44. The first kappa shape index (κ1) is 45.4. The number of hydrogen-bond acceptors (Lipinski definition) is 6. The molecule has 0 aromatic heterocycles. The van der Waals surface area contributed by atoms with Crippen LogP contribution >= 0.6 is 0 Å². The predicted octanol–water partition coefficient (Wildman–Crippen LogP) is 8.48. The van der Waals surface area contributed by atoms with Gasteiger partial charge < -0.3 is 21.6 Å². The van der Waals surface area contributed by atoms with Gasteiger partial charge in [0.2, 0.25) is 0 Å². The summed E-state index contributed by atoms with van der Waals surface area (Å²) in [5, 5.41) is 7.89. The van der Waals surface area contributed by atoms with Gasteiger partial charge in [-0.25, -0.2) is 4.99 Å². The molecule has 1 fully saturated rings. The molecule has 1 heterocycles. The number of anilines is 1. The first-order valence-electron chi connectivity index (χ1n) is 16.6. The highest BCUT2D eigenvalue weighted by Gasteiger charge is 2.37. The van der Waals surface area contributed by atoms with Crippen molar-refractivity contribution in [2.45, 2.75) is 110 Å². The van der Waals surface area contributed by atoms with Crippen LogP contribution in [0.15, 0.2) is 57.9 Å². The second-order valence-electron chi connectivity index (χ2n) is 11.4. The van der Waals surface area contributed by atoms with Crippen molar-refractivity contribution >= 4 is 11.6 Å². The minimum Gasteiger partial charge on any atom is -0.379 e. The van der Waals surface area contributed by atoms with Gasteiger partial charge in [0.05, 0.1) is 17.2 Å². The van der Waals surface area contributed by atoms with Gasteiger partial charge in [-0.3, -0.25) is 11.3 Å². The number of hydrogen-bond donors (Lipinski definition) is 5. The smallest absolute Gasteiger partial charge is 0.379 e. The molecule has 1 aromatic rings. The summed E-state index contributed by atoms with van der Waals surface area (Å²) in [6.07, 6.45) is 5.68. The molecule has 1 saturated carbocycles. The highest BCUT2D eigenvalue weighted by molar-refractivity contribution is 5.76. The molecule has 1 aromatic carbocycles. The number of hydrazine groups is 1. The first-order chi connectivity index (χ1) is 23.2. The fourth-order valence-electron chi connectivity index (χ4n) is 6.01. The first-order valence-corrected chi connectivity index (χ1v) is 16.6. The van der Waals surface area contributed by atoms with Crippen LogP contribution in [-0.2, 0) is 12.8 Å². The van der Waals surface area contributed by atoms with E-state index in [1.807, 2.05) is 13.8 Å². The van der Waals surface area contributed by atoms with E-state index < -0.39 is 23.5 Å². The third-order valence-corrected chi connectivity index (χ3v) is 7.98. The van der Waals surface area contributed by atoms with Crippen molar-refractivity contribution in [3.63, 3.8) is 0 Å². The van der Waals surface area contributed by atoms with Gasteiger partial charge in [-0.05, 0) is 95.0 Å². The summed E-state index contributed by atoms with van der Waals surface area (Å²) >= 11 is 0. The largest absolute Gasteiger partial charge is 0.416 e. The molecule has 0 amide bonds. The number of fused-ring (bicyclic) bond motifs is 2.